The minimum Gasteiger partial charge on any atom is -0.397 e. The van der Waals surface area contributed by atoms with Gasteiger partial charge in [-0.25, -0.2) is 8.42 Å². The SMILES string of the molecule is CC1(Nc2ccc(C(F)(F)F)cc2N)CCS(=O)(=O)C1. The molecule has 1 aliphatic rings. The van der Waals surface area contributed by atoms with Gasteiger partial charge in [-0.15, -0.1) is 0 Å². The van der Waals surface area contributed by atoms with Gasteiger partial charge in [-0.2, -0.15) is 13.2 Å². The minimum absolute atomic E-state index is 0.0506. The van der Waals surface area contributed by atoms with Crippen molar-refractivity contribution in [2.75, 3.05) is 22.6 Å². The van der Waals surface area contributed by atoms with Crippen molar-refractivity contribution in [1.29, 1.82) is 0 Å². The van der Waals surface area contributed by atoms with Gasteiger partial charge >= 0.3 is 6.18 Å². The van der Waals surface area contributed by atoms with E-state index in [0.29, 0.717) is 12.1 Å². The number of sulfone groups is 1. The summed E-state index contributed by atoms with van der Waals surface area (Å²) < 4.78 is 60.6. The second kappa shape index (κ2) is 4.54. The molecular formula is C12H15F3N2O2S. The summed E-state index contributed by atoms with van der Waals surface area (Å²) in [7, 11) is -3.10. The molecule has 0 spiro atoms. The standard InChI is InChI=1S/C12H15F3N2O2S/c1-11(4-5-20(18,19)7-11)17-10-3-2-8(6-9(10)16)12(13,14)15/h2-3,6,17H,4-5,7,16H2,1H3. The van der Waals surface area contributed by atoms with Crippen LogP contribution in [0.1, 0.15) is 18.9 Å². The van der Waals surface area contributed by atoms with Crippen LogP contribution in [0.4, 0.5) is 24.5 Å². The molecule has 1 atom stereocenters. The van der Waals surface area contributed by atoms with Crippen molar-refractivity contribution in [3.63, 3.8) is 0 Å². The molecule has 0 bridgehead atoms. The van der Waals surface area contributed by atoms with Crippen molar-refractivity contribution < 1.29 is 21.6 Å². The highest BCUT2D eigenvalue weighted by Gasteiger charge is 2.39. The van der Waals surface area contributed by atoms with Gasteiger partial charge in [-0.05, 0) is 31.5 Å². The number of hydrogen-bond donors (Lipinski definition) is 2. The first-order valence-corrected chi connectivity index (χ1v) is 7.78. The van der Waals surface area contributed by atoms with Gasteiger partial charge in [0.05, 0.1) is 28.4 Å². The third-order valence-electron chi connectivity index (χ3n) is 3.32. The van der Waals surface area contributed by atoms with Gasteiger partial charge in [0, 0.05) is 5.54 Å². The van der Waals surface area contributed by atoms with Crippen molar-refractivity contribution in [3.05, 3.63) is 23.8 Å². The number of benzene rings is 1. The van der Waals surface area contributed by atoms with E-state index < -0.39 is 27.1 Å². The molecule has 0 aliphatic carbocycles. The zero-order chi connectivity index (χ0) is 15.2. The van der Waals surface area contributed by atoms with E-state index in [0.717, 1.165) is 12.1 Å². The van der Waals surface area contributed by atoms with E-state index in [2.05, 4.69) is 5.32 Å². The Hall–Kier alpha value is -1.44. The molecule has 1 unspecified atom stereocenters. The molecule has 1 aromatic rings. The molecule has 3 N–H and O–H groups in total. The van der Waals surface area contributed by atoms with E-state index in [-0.39, 0.29) is 17.2 Å². The van der Waals surface area contributed by atoms with Gasteiger partial charge in [-0.1, -0.05) is 0 Å². The molecule has 4 nitrogen and oxygen atoms in total. The van der Waals surface area contributed by atoms with E-state index in [1.165, 1.54) is 6.07 Å². The van der Waals surface area contributed by atoms with Crippen molar-refractivity contribution >= 4 is 21.2 Å². The lowest BCUT2D eigenvalue weighted by Crippen LogP contribution is -2.36. The molecule has 0 aromatic heterocycles. The van der Waals surface area contributed by atoms with Crippen LogP contribution >= 0.6 is 0 Å². The van der Waals surface area contributed by atoms with E-state index in [4.69, 9.17) is 5.73 Å². The van der Waals surface area contributed by atoms with Crippen LogP contribution in [0.15, 0.2) is 18.2 Å². The van der Waals surface area contributed by atoms with E-state index in [1.54, 1.807) is 6.92 Å². The third kappa shape index (κ3) is 3.17. The molecule has 1 saturated heterocycles. The van der Waals surface area contributed by atoms with Crippen molar-refractivity contribution in [3.8, 4) is 0 Å². The van der Waals surface area contributed by atoms with Crippen LogP contribution in [0.5, 0.6) is 0 Å². The molecule has 20 heavy (non-hydrogen) atoms. The monoisotopic (exact) mass is 308 g/mol. The second-order valence-corrected chi connectivity index (χ2v) is 7.51. The number of nitrogens with two attached hydrogens (primary N) is 1. The number of hydrogen-bond acceptors (Lipinski definition) is 4. The normalized spacial score (nSPS) is 25.6. The molecule has 1 aliphatic heterocycles. The second-order valence-electron chi connectivity index (χ2n) is 5.33. The summed E-state index contributed by atoms with van der Waals surface area (Å²) in [6.45, 7) is 1.72. The van der Waals surface area contributed by atoms with Crippen molar-refractivity contribution in [2.24, 2.45) is 0 Å². The van der Waals surface area contributed by atoms with Gasteiger partial charge in [0.25, 0.3) is 0 Å². The number of anilines is 2. The summed E-state index contributed by atoms with van der Waals surface area (Å²) in [6.07, 6.45) is -4.05. The fourth-order valence-electron chi connectivity index (χ4n) is 2.29. The van der Waals surface area contributed by atoms with Crippen LogP contribution in [-0.4, -0.2) is 25.5 Å². The van der Waals surface area contributed by atoms with E-state index in [1.807, 2.05) is 0 Å². The Labute approximate surface area is 115 Å². The lowest BCUT2D eigenvalue weighted by Gasteiger charge is -2.26. The average Bonchev–Trinajstić information content (AvgIpc) is 2.54. The van der Waals surface area contributed by atoms with E-state index >= 15 is 0 Å². The van der Waals surface area contributed by atoms with Crippen LogP contribution in [0, 0.1) is 0 Å². The molecule has 2 rings (SSSR count). The highest BCUT2D eigenvalue weighted by molar-refractivity contribution is 7.91. The largest absolute Gasteiger partial charge is 0.416 e. The van der Waals surface area contributed by atoms with Crippen molar-refractivity contribution in [1.82, 2.24) is 0 Å². The summed E-state index contributed by atoms with van der Waals surface area (Å²) in [6, 6.07) is 3.00. The highest BCUT2D eigenvalue weighted by atomic mass is 32.2. The topological polar surface area (TPSA) is 72.2 Å². The Bertz CT molecular complexity index is 628. The van der Waals surface area contributed by atoms with Crippen LogP contribution < -0.4 is 11.1 Å². The van der Waals surface area contributed by atoms with Gasteiger partial charge < -0.3 is 11.1 Å². The van der Waals surface area contributed by atoms with Crippen LogP contribution in [0.25, 0.3) is 0 Å². The van der Waals surface area contributed by atoms with Gasteiger partial charge in [-0.3, -0.25) is 0 Å². The number of nitrogen functional groups attached to an aromatic ring is 1. The lowest BCUT2D eigenvalue weighted by atomic mass is 10.0. The molecule has 0 amide bonds. The fraction of sp³-hybridized carbons (Fsp3) is 0.500. The number of alkyl halides is 3. The molecule has 1 fully saturated rings. The third-order valence-corrected chi connectivity index (χ3v) is 5.22. The minimum atomic E-state index is -4.45. The molecule has 112 valence electrons. The lowest BCUT2D eigenvalue weighted by molar-refractivity contribution is -0.137. The summed E-state index contributed by atoms with van der Waals surface area (Å²) in [5.41, 5.74) is 4.35. The summed E-state index contributed by atoms with van der Waals surface area (Å²) >= 11 is 0. The maximum absolute atomic E-state index is 12.5. The average molecular weight is 308 g/mol. The summed E-state index contributed by atoms with van der Waals surface area (Å²) in [5, 5.41) is 2.95. The molecule has 1 aromatic carbocycles. The predicted octanol–water partition coefficient (Wildman–Crippen LogP) is 2.28. The maximum atomic E-state index is 12.5. The summed E-state index contributed by atoms with van der Waals surface area (Å²) in [5.74, 6) is 0.0114. The first-order valence-electron chi connectivity index (χ1n) is 5.96. The number of rotatable bonds is 2. The van der Waals surface area contributed by atoms with Gasteiger partial charge in [0.1, 0.15) is 0 Å². The first-order chi connectivity index (χ1) is 9.01. The zero-order valence-corrected chi connectivity index (χ0v) is 11.6. The first kappa shape index (κ1) is 15.0. The molecular weight excluding hydrogens is 293 g/mol. The van der Waals surface area contributed by atoms with Crippen molar-refractivity contribution in [2.45, 2.75) is 25.1 Å². The van der Waals surface area contributed by atoms with Crippen LogP contribution in [0.2, 0.25) is 0 Å². The molecule has 1 heterocycles. The molecule has 8 heteroatoms. The Morgan fingerprint density at radius 3 is 2.45 bits per heavy atom. The highest BCUT2D eigenvalue weighted by Crippen LogP contribution is 2.35. The molecule has 0 saturated carbocycles. The number of nitrogens with one attached hydrogen (secondary N) is 1. The zero-order valence-electron chi connectivity index (χ0n) is 10.8. The van der Waals surface area contributed by atoms with Crippen LogP contribution in [0.3, 0.4) is 0 Å². The van der Waals surface area contributed by atoms with E-state index in [9.17, 15) is 21.6 Å². The Morgan fingerprint density at radius 1 is 1.35 bits per heavy atom. The maximum Gasteiger partial charge on any atom is 0.416 e. The van der Waals surface area contributed by atoms with Gasteiger partial charge in [0.15, 0.2) is 9.84 Å². The Kier molecular flexibility index (Phi) is 3.40. The summed E-state index contributed by atoms with van der Waals surface area (Å²) in [4.78, 5) is 0. The Morgan fingerprint density at radius 2 is 2.00 bits per heavy atom. The van der Waals surface area contributed by atoms with Crippen LogP contribution in [-0.2, 0) is 16.0 Å². The molecule has 0 radical (unpaired) electrons. The Balaban J connectivity index is 2.23. The fourth-order valence-corrected chi connectivity index (χ4v) is 4.38. The van der Waals surface area contributed by atoms with Gasteiger partial charge in [0.2, 0.25) is 0 Å². The quantitative estimate of drug-likeness (QED) is 0.822. The smallest absolute Gasteiger partial charge is 0.397 e. The number of halogens is 3. The predicted molar refractivity (Wildman–Crippen MR) is 71.2 cm³/mol.